The molecule has 0 atom stereocenters. The number of pyridine rings is 1. The predicted octanol–water partition coefficient (Wildman–Crippen LogP) is 3.62. The average molecular weight is 223 g/mol. The zero-order chi connectivity index (χ0) is 10.7. The number of hydrogen-bond donors (Lipinski definition) is 1. The van der Waals surface area contributed by atoms with Crippen molar-refractivity contribution in [1.29, 1.82) is 0 Å². The second-order valence-corrected chi connectivity index (χ2v) is 3.37. The van der Waals surface area contributed by atoms with E-state index in [1.807, 2.05) is 6.07 Å². The lowest BCUT2D eigenvalue weighted by molar-refractivity contribution is 0.628. The summed E-state index contributed by atoms with van der Waals surface area (Å²) in [4.78, 5) is 4.05. The predicted molar refractivity (Wildman–Crippen MR) is 58.9 cm³/mol. The van der Waals surface area contributed by atoms with E-state index in [0.717, 1.165) is 0 Å². The number of nitrogens with zero attached hydrogens (tertiary/aromatic N) is 1. The number of hydrogen-bond acceptors (Lipinski definition) is 2. The molecule has 1 N–H and O–H groups in total. The van der Waals surface area contributed by atoms with Gasteiger partial charge >= 0.3 is 0 Å². The number of aromatic nitrogens is 1. The molecule has 1 heterocycles. The molecule has 0 fully saturated rings. The summed E-state index contributed by atoms with van der Waals surface area (Å²) in [5, 5.41) is 3.39. The molecule has 76 valence electrons. The van der Waals surface area contributed by atoms with Gasteiger partial charge in [-0.15, -0.1) is 0 Å². The first-order valence-electron chi connectivity index (χ1n) is 4.39. The zero-order valence-electron chi connectivity index (χ0n) is 7.74. The number of benzene rings is 1. The molecule has 0 spiro atoms. The summed E-state index contributed by atoms with van der Waals surface area (Å²) >= 11 is 5.89. The maximum Gasteiger partial charge on any atom is 0.130 e. The van der Waals surface area contributed by atoms with Gasteiger partial charge in [0.05, 0.1) is 10.7 Å². The lowest BCUT2D eigenvalue weighted by Crippen LogP contribution is -1.93. The molecule has 0 radical (unpaired) electrons. The third kappa shape index (κ3) is 2.44. The van der Waals surface area contributed by atoms with Crippen molar-refractivity contribution in [3.8, 4) is 0 Å². The molecule has 0 aliphatic carbocycles. The molecule has 4 heteroatoms. The van der Waals surface area contributed by atoms with Crippen LogP contribution >= 0.6 is 11.6 Å². The molecule has 2 rings (SSSR count). The fourth-order valence-corrected chi connectivity index (χ4v) is 1.33. The highest BCUT2D eigenvalue weighted by atomic mass is 35.5. The van der Waals surface area contributed by atoms with Crippen molar-refractivity contribution in [1.82, 2.24) is 4.98 Å². The normalized spacial score (nSPS) is 10.0. The number of rotatable bonds is 2. The van der Waals surface area contributed by atoms with Gasteiger partial charge in [-0.25, -0.2) is 9.37 Å². The summed E-state index contributed by atoms with van der Waals surface area (Å²) < 4.78 is 12.9. The topological polar surface area (TPSA) is 24.9 Å². The molecule has 0 saturated heterocycles. The first-order chi connectivity index (χ1) is 7.25. The van der Waals surface area contributed by atoms with E-state index in [1.165, 1.54) is 18.2 Å². The van der Waals surface area contributed by atoms with Crippen molar-refractivity contribution in [2.75, 3.05) is 5.32 Å². The monoisotopic (exact) mass is 222 g/mol. The van der Waals surface area contributed by atoms with Crippen LogP contribution in [0, 0.1) is 5.82 Å². The van der Waals surface area contributed by atoms with Gasteiger partial charge < -0.3 is 5.32 Å². The number of anilines is 2. The highest BCUT2D eigenvalue weighted by molar-refractivity contribution is 6.33. The van der Waals surface area contributed by atoms with Crippen LogP contribution in [-0.4, -0.2) is 4.98 Å². The van der Waals surface area contributed by atoms with Crippen molar-refractivity contribution in [3.63, 3.8) is 0 Å². The Labute approximate surface area is 91.7 Å². The van der Waals surface area contributed by atoms with Gasteiger partial charge in [-0.05, 0) is 30.3 Å². The highest BCUT2D eigenvalue weighted by Gasteiger charge is 2.02. The Hall–Kier alpha value is -1.61. The van der Waals surface area contributed by atoms with Crippen LogP contribution in [-0.2, 0) is 0 Å². The SMILES string of the molecule is Fc1ccc(Cl)c(Nc2ccccn2)c1. The Morgan fingerprint density at radius 1 is 1.20 bits per heavy atom. The second kappa shape index (κ2) is 4.28. The van der Waals surface area contributed by atoms with Gasteiger partial charge in [0.2, 0.25) is 0 Å². The molecular formula is C11H8ClFN2. The Morgan fingerprint density at radius 3 is 2.80 bits per heavy atom. The fourth-order valence-electron chi connectivity index (χ4n) is 1.17. The summed E-state index contributed by atoms with van der Waals surface area (Å²) in [6.45, 7) is 0. The van der Waals surface area contributed by atoms with Crippen molar-refractivity contribution < 1.29 is 4.39 Å². The minimum atomic E-state index is -0.335. The maximum absolute atomic E-state index is 12.9. The molecule has 0 aliphatic heterocycles. The van der Waals surface area contributed by atoms with Gasteiger partial charge in [0.15, 0.2) is 0 Å². The number of halogens is 2. The van der Waals surface area contributed by atoms with Crippen LogP contribution in [0.4, 0.5) is 15.9 Å². The van der Waals surface area contributed by atoms with E-state index in [4.69, 9.17) is 11.6 Å². The highest BCUT2D eigenvalue weighted by Crippen LogP contribution is 2.24. The smallest absolute Gasteiger partial charge is 0.130 e. The summed E-state index contributed by atoms with van der Waals surface area (Å²) in [6, 6.07) is 9.56. The van der Waals surface area contributed by atoms with Crippen molar-refractivity contribution in [2.24, 2.45) is 0 Å². The summed E-state index contributed by atoms with van der Waals surface area (Å²) in [5.74, 6) is 0.294. The van der Waals surface area contributed by atoms with Gasteiger partial charge in [-0.3, -0.25) is 0 Å². The van der Waals surface area contributed by atoms with Crippen molar-refractivity contribution in [2.45, 2.75) is 0 Å². The Balaban J connectivity index is 2.28. The van der Waals surface area contributed by atoms with Gasteiger partial charge in [0.1, 0.15) is 11.6 Å². The van der Waals surface area contributed by atoms with Gasteiger partial charge in [0.25, 0.3) is 0 Å². The molecule has 1 aromatic heterocycles. The lowest BCUT2D eigenvalue weighted by atomic mass is 10.3. The lowest BCUT2D eigenvalue weighted by Gasteiger charge is -2.06. The molecular weight excluding hydrogens is 215 g/mol. The quantitative estimate of drug-likeness (QED) is 0.840. The van der Waals surface area contributed by atoms with Crippen molar-refractivity contribution >= 4 is 23.1 Å². The molecule has 0 aliphatic rings. The first kappa shape index (κ1) is 9.93. The third-order valence-electron chi connectivity index (χ3n) is 1.86. The van der Waals surface area contributed by atoms with Gasteiger partial charge in [0, 0.05) is 6.20 Å². The molecule has 0 amide bonds. The molecule has 0 unspecified atom stereocenters. The van der Waals surface area contributed by atoms with Crippen molar-refractivity contribution in [3.05, 3.63) is 53.4 Å². The summed E-state index contributed by atoms with van der Waals surface area (Å²) in [7, 11) is 0. The Bertz CT molecular complexity index is 459. The van der Waals surface area contributed by atoms with E-state index in [9.17, 15) is 4.39 Å². The van der Waals surface area contributed by atoms with Gasteiger partial charge in [-0.2, -0.15) is 0 Å². The Morgan fingerprint density at radius 2 is 2.07 bits per heavy atom. The van der Waals surface area contributed by atoms with Crippen LogP contribution in [0.15, 0.2) is 42.6 Å². The van der Waals surface area contributed by atoms with Gasteiger partial charge in [-0.1, -0.05) is 17.7 Å². The third-order valence-corrected chi connectivity index (χ3v) is 2.19. The fraction of sp³-hybridized carbons (Fsp3) is 0. The van der Waals surface area contributed by atoms with E-state index >= 15 is 0 Å². The minimum absolute atomic E-state index is 0.335. The molecule has 2 aromatic rings. The van der Waals surface area contributed by atoms with E-state index in [2.05, 4.69) is 10.3 Å². The van der Waals surface area contributed by atoms with Crippen LogP contribution in [0.3, 0.4) is 0 Å². The van der Waals surface area contributed by atoms with Crippen LogP contribution < -0.4 is 5.32 Å². The maximum atomic E-state index is 12.9. The molecule has 2 nitrogen and oxygen atoms in total. The summed E-state index contributed by atoms with van der Waals surface area (Å²) in [5.41, 5.74) is 0.510. The van der Waals surface area contributed by atoms with Crippen LogP contribution in [0.2, 0.25) is 5.02 Å². The standard InChI is InChI=1S/C11H8ClFN2/c12-9-5-4-8(13)7-10(9)15-11-3-1-2-6-14-11/h1-7H,(H,14,15). The number of nitrogens with one attached hydrogen (secondary N) is 1. The average Bonchev–Trinajstić information content (AvgIpc) is 2.25. The van der Waals surface area contributed by atoms with E-state index in [0.29, 0.717) is 16.5 Å². The first-order valence-corrected chi connectivity index (χ1v) is 4.76. The largest absolute Gasteiger partial charge is 0.339 e. The molecule has 15 heavy (non-hydrogen) atoms. The zero-order valence-corrected chi connectivity index (χ0v) is 8.50. The molecule has 0 bridgehead atoms. The van der Waals surface area contributed by atoms with Crippen LogP contribution in [0.5, 0.6) is 0 Å². The second-order valence-electron chi connectivity index (χ2n) is 2.96. The van der Waals surface area contributed by atoms with E-state index < -0.39 is 0 Å². The Kier molecular flexibility index (Phi) is 2.83. The summed E-state index contributed by atoms with van der Waals surface area (Å²) in [6.07, 6.45) is 1.65. The molecule has 1 aromatic carbocycles. The minimum Gasteiger partial charge on any atom is -0.339 e. The van der Waals surface area contributed by atoms with E-state index in [1.54, 1.807) is 18.3 Å². The van der Waals surface area contributed by atoms with Crippen LogP contribution in [0.25, 0.3) is 0 Å². The van der Waals surface area contributed by atoms with E-state index in [-0.39, 0.29) is 5.82 Å². The molecule has 0 saturated carbocycles. The van der Waals surface area contributed by atoms with Crippen LogP contribution in [0.1, 0.15) is 0 Å².